The van der Waals surface area contributed by atoms with Crippen molar-refractivity contribution < 1.29 is 19.1 Å². The number of amides is 3. The molecule has 2 rings (SSSR count). The van der Waals surface area contributed by atoms with Crippen LogP contribution >= 0.6 is 11.8 Å². The lowest BCUT2D eigenvalue weighted by Gasteiger charge is -2.15. The molecule has 1 heterocycles. The van der Waals surface area contributed by atoms with E-state index in [0.717, 1.165) is 48.8 Å². The van der Waals surface area contributed by atoms with Crippen LogP contribution in [0.15, 0.2) is 11.2 Å². The number of carbonyl (C=O) groups is 3. The molecule has 0 unspecified atom stereocenters. The summed E-state index contributed by atoms with van der Waals surface area (Å²) in [6, 6.07) is 1.39. The topological polar surface area (TPSA) is 110 Å². The second kappa shape index (κ2) is 9.51. The Morgan fingerprint density at radius 3 is 2.46 bits per heavy atom. The summed E-state index contributed by atoms with van der Waals surface area (Å²) in [5.74, 6) is -1.24. The van der Waals surface area contributed by atoms with Gasteiger partial charge in [0, 0.05) is 17.4 Å². The van der Waals surface area contributed by atoms with Crippen LogP contribution in [0.1, 0.15) is 44.0 Å². The third-order valence-electron chi connectivity index (χ3n) is 3.89. The monoisotopic (exact) mass is 380 g/mol. The van der Waals surface area contributed by atoms with E-state index >= 15 is 0 Å². The average molecular weight is 380 g/mol. The molecule has 3 amide bonds. The highest BCUT2D eigenvalue weighted by Crippen LogP contribution is 2.17. The Morgan fingerprint density at radius 1 is 1.23 bits per heavy atom. The van der Waals surface area contributed by atoms with Crippen molar-refractivity contribution in [2.24, 2.45) is 0 Å². The smallest absolute Gasteiger partial charge is 0.321 e. The summed E-state index contributed by atoms with van der Waals surface area (Å²) in [5, 5.41) is 5.43. The van der Waals surface area contributed by atoms with Crippen molar-refractivity contribution in [2.45, 2.75) is 63.8 Å². The van der Waals surface area contributed by atoms with E-state index in [9.17, 15) is 14.4 Å². The van der Waals surface area contributed by atoms with Crippen molar-refractivity contribution in [3.05, 3.63) is 17.5 Å². The number of esters is 1. The Kier molecular flexibility index (Phi) is 7.38. The minimum Gasteiger partial charge on any atom is -0.452 e. The lowest BCUT2D eigenvalue weighted by Crippen LogP contribution is -2.47. The van der Waals surface area contributed by atoms with Crippen LogP contribution in [0.2, 0.25) is 0 Å². The highest BCUT2D eigenvalue weighted by molar-refractivity contribution is 7.99. The molecule has 1 saturated carbocycles. The normalized spacial score (nSPS) is 15.3. The molecule has 0 bridgehead atoms. The lowest BCUT2D eigenvalue weighted by molar-refractivity contribution is -0.151. The maximum Gasteiger partial charge on any atom is 0.321 e. The van der Waals surface area contributed by atoms with E-state index in [1.165, 1.54) is 6.92 Å². The first kappa shape index (κ1) is 20.2. The van der Waals surface area contributed by atoms with Gasteiger partial charge in [-0.05, 0) is 39.7 Å². The van der Waals surface area contributed by atoms with Gasteiger partial charge in [-0.2, -0.15) is 0 Å². The highest BCUT2D eigenvalue weighted by atomic mass is 32.2. The van der Waals surface area contributed by atoms with Crippen LogP contribution < -0.4 is 10.6 Å². The number of ether oxygens (including phenoxy) is 1. The fraction of sp³-hybridized carbons (Fsp3) is 0.588. The number of imide groups is 1. The zero-order valence-electron chi connectivity index (χ0n) is 15.2. The van der Waals surface area contributed by atoms with Crippen molar-refractivity contribution in [3.8, 4) is 0 Å². The zero-order valence-corrected chi connectivity index (χ0v) is 16.0. The number of thioether (sulfide) groups is 1. The van der Waals surface area contributed by atoms with Gasteiger partial charge in [-0.25, -0.2) is 14.8 Å². The summed E-state index contributed by atoms with van der Waals surface area (Å²) in [4.78, 5) is 44.0. The van der Waals surface area contributed by atoms with Crippen LogP contribution in [0.25, 0.3) is 0 Å². The van der Waals surface area contributed by atoms with E-state index in [1.807, 2.05) is 19.9 Å². The van der Waals surface area contributed by atoms with Crippen LogP contribution in [0.4, 0.5) is 4.79 Å². The van der Waals surface area contributed by atoms with E-state index in [4.69, 9.17) is 4.74 Å². The van der Waals surface area contributed by atoms with Crippen LogP contribution in [0, 0.1) is 13.8 Å². The molecule has 0 radical (unpaired) electrons. The van der Waals surface area contributed by atoms with E-state index in [0.29, 0.717) is 5.16 Å². The van der Waals surface area contributed by atoms with E-state index in [2.05, 4.69) is 20.6 Å². The fourth-order valence-corrected chi connectivity index (χ4v) is 3.40. The van der Waals surface area contributed by atoms with Crippen molar-refractivity contribution >= 4 is 29.7 Å². The quantitative estimate of drug-likeness (QED) is 0.440. The minimum atomic E-state index is -1.06. The van der Waals surface area contributed by atoms with E-state index in [-0.39, 0.29) is 11.8 Å². The summed E-state index contributed by atoms with van der Waals surface area (Å²) in [7, 11) is 0. The van der Waals surface area contributed by atoms with Gasteiger partial charge in [0.2, 0.25) is 0 Å². The van der Waals surface area contributed by atoms with Gasteiger partial charge in [-0.15, -0.1) is 0 Å². The van der Waals surface area contributed by atoms with Crippen LogP contribution in [-0.4, -0.2) is 45.8 Å². The third kappa shape index (κ3) is 6.62. The third-order valence-corrected chi connectivity index (χ3v) is 4.71. The molecule has 2 N–H and O–H groups in total. The molecule has 1 aliphatic rings. The van der Waals surface area contributed by atoms with Gasteiger partial charge in [0.1, 0.15) is 0 Å². The van der Waals surface area contributed by atoms with Gasteiger partial charge in [-0.1, -0.05) is 24.6 Å². The molecule has 0 aromatic carbocycles. The SMILES string of the molecule is Cc1cc(C)nc(SCC(=O)O[C@H](C)C(=O)NC(=O)NC2CCCC2)n1. The predicted octanol–water partition coefficient (Wildman–Crippen LogP) is 1.89. The Balaban J connectivity index is 1.72. The number of hydrogen-bond acceptors (Lipinski definition) is 7. The van der Waals surface area contributed by atoms with Gasteiger partial charge in [0.15, 0.2) is 11.3 Å². The van der Waals surface area contributed by atoms with Crippen molar-refractivity contribution in [1.29, 1.82) is 0 Å². The molecule has 1 fully saturated rings. The largest absolute Gasteiger partial charge is 0.452 e. The molecule has 0 spiro atoms. The van der Waals surface area contributed by atoms with Crippen molar-refractivity contribution in [3.63, 3.8) is 0 Å². The molecule has 1 aromatic rings. The first-order chi connectivity index (χ1) is 12.3. The fourth-order valence-electron chi connectivity index (χ4n) is 2.67. The van der Waals surface area contributed by atoms with Crippen LogP contribution in [-0.2, 0) is 14.3 Å². The lowest BCUT2D eigenvalue weighted by atomic mass is 10.2. The first-order valence-electron chi connectivity index (χ1n) is 8.59. The number of carbonyl (C=O) groups excluding carboxylic acids is 3. The van der Waals surface area contributed by atoms with Gasteiger partial charge in [-0.3, -0.25) is 14.9 Å². The van der Waals surface area contributed by atoms with E-state index in [1.54, 1.807) is 0 Å². The number of nitrogens with zero attached hydrogens (tertiary/aromatic N) is 2. The number of aryl methyl sites for hydroxylation is 2. The van der Waals surface area contributed by atoms with Gasteiger partial charge >= 0.3 is 12.0 Å². The highest BCUT2D eigenvalue weighted by Gasteiger charge is 2.22. The maximum absolute atomic E-state index is 11.9. The molecule has 9 heteroatoms. The first-order valence-corrected chi connectivity index (χ1v) is 9.58. The van der Waals surface area contributed by atoms with E-state index < -0.39 is 24.0 Å². The molecule has 0 aliphatic heterocycles. The number of rotatable bonds is 6. The van der Waals surface area contributed by atoms with Gasteiger partial charge in [0.05, 0.1) is 5.75 Å². The molecule has 26 heavy (non-hydrogen) atoms. The summed E-state index contributed by atoms with van der Waals surface area (Å²) in [6.07, 6.45) is 2.94. The maximum atomic E-state index is 11.9. The van der Waals surface area contributed by atoms with Crippen LogP contribution in [0.3, 0.4) is 0 Å². The Morgan fingerprint density at radius 2 is 1.85 bits per heavy atom. The second-order valence-electron chi connectivity index (χ2n) is 6.30. The molecule has 8 nitrogen and oxygen atoms in total. The van der Waals surface area contributed by atoms with Crippen molar-refractivity contribution in [1.82, 2.24) is 20.6 Å². The predicted molar refractivity (Wildman–Crippen MR) is 96.7 cm³/mol. The van der Waals surface area contributed by atoms with Gasteiger partial charge in [0.25, 0.3) is 5.91 Å². The average Bonchev–Trinajstić information content (AvgIpc) is 3.04. The standard InChI is InChI=1S/C17H24N4O4S/c1-10-8-11(2)19-17(18-10)26-9-14(22)25-12(3)15(23)21-16(24)20-13-6-4-5-7-13/h8,12-13H,4-7,9H2,1-3H3,(H2,20,21,23,24)/t12-/m1/s1. The minimum absolute atomic E-state index is 0.0191. The number of hydrogen-bond donors (Lipinski definition) is 2. The van der Waals surface area contributed by atoms with Crippen LogP contribution in [0.5, 0.6) is 0 Å². The summed E-state index contributed by atoms with van der Waals surface area (Å²) < 4.78 is 5.06. The summed E-state index contributed by atoms with van der Waals surface area (Å²) in [6.45, 7) is 5.12. The number of nitrogens with one attached hydrogen (secondary N) is 2. The van der Waals surface area contributed by atoms with Crippen molar-refractivity contribution in [2.75, 3.05) is 5.75 Å². The molecular weight excluding hydrogens is 356 g/mol. The molecule has 1 atom stereocenters. The molecule has 1 aliphatic carbocycles. The summed E-state index contributed by atoms with van der Waals surface area (Å²) >= 11 is 1.14. The zero-order chi connectivity index (χ0) is 19.1. The van der Waals surface area contributed by atoms with Gasteiger partial charge < -0.3 is 10.1 Å². The Labute approximate surface area is 156 Å². The second-order valence-corrected chi connectivity index (χ2v) is 7.24. The Hall–Kier alpha value is -2.16. The summed E-state index contributed by atoms with van der Waals surface area (Å²) in [5.41, 5.74) is 1.63. The number of urea groups is 1. The number of aromatic nitrogens is 2. The molecular formula is C17H24N4O4S. The molecule has 142 valence electrons. The Bertz CT molecular complexity index is 656. The molecule has 0 saturated heterocycles. The molecule has 1 aromatic heterocycles.